The molecule has 12 heteroatoms. The highest BCUT2D eigenvalue weighted by atomic mass is 19.4. The van der Waals surface area contributed by atoms with Gasteiger partial charge in [0, 0.05) is 37.5 Å². The molecule has 1 saturated heterocycles. The summed E-state index contributed by atoms with van der Waals surface area (Å²) < 4.78 is 64.6. The molecule has 0 bridgehead atoms. The van der Waals surface area contributed by atoms with Crippen LogP contribution in [-0.4, -0.2) is 53.2 Å². The van der Waals surface area contributed by atoms with Crippen molar-refractivity contribution in [1.82, 2.24) is 14.8 Å². The van der Waals surface area contributed by atoms with E-state index in [0.29, 0.717) is 29.8 Å². The van der Waals surface area contributed by atoms with Crippen LogP contribution in [0.1, 0.15) is 79.1 Å². The minimum Gasteiger partial charge on any atom is -0.496 e. The lowest BCUT2D eigenvalue weighted by Crippen LogP contribution is -2.46. The Balaban J connectivity index is 1.78. The summed E-state index contributed by atoms with van der Waals surface area (Å²) in [4.78, 5) is 41.4. The topological polar surface area (TPSA) is 101 Å². The first-order chi connectivity index (χ1) is 22.9. The first-order valence-electron chi connectivity index (χ1n) is 16.4. The Morgan fingerprint density at radius 2 is 1.76 bits per heavy atom. The maximum atomic E-state index is 15.9. The molecule has 2 atom stereocenters. The highest BCUT2D eigenvalue weighted by Gasteiger charge is 2.36. The maximum Gasteiger partial charge on any atom is 0.416 e. The summed E-state index contributed by atoms with van der Waals surface area (Å²) in [6.07, 6.45) is -4.29. The largest absolute Gasteiger partial charge is 0.496 e. The zero-order valence-corrected chi connectivity index (χ0v) is 29.0. The summed E-state index contributed by atoms with van der Waals surface area (Å²) in [5.41, 5.74) is 0.976. The van der Waals surface area contributed by atoms with E-state index in [1.165, 1.54) is 13.2 Å². The highest BCUT2D eigenvalue weighted by Crippen LogP contribution is 2.37. The number of halogens is 4. The average molecular weight is 688 g/mol. The van der Waals surface area contributed by atoms with Gasteiger partial charge in [0.05, 0.1) is 25.1 Å². The quantitative estimate of drug-likeness (QED) is 0.188. The molecule has 49 heavy (non-hydrogen) atoms. The van der Waals surface area contributed by atoms with Crippen LogP contribution in [-0.2, 0) is 22.2 Å². The number of carbonyl (C=O) groups is 2. The predicted molar refractivity (Wildman–Crippen MR) is 179 cm³/mol. The van der Waals surface area contributed by atoms with Gasteiger partial charge < -0.3 is 24.6 Å². The molecule has 0 spiro atoms. The molecule has 1 amide bonds. The molecule has 2 heterocycles. The Morgan fingerprint density at radius 3 is 2.33 bits per heavy atom. The van der Waals surface area contributed by atoms with Crippen molar-refractivity contribution in [3.05, 3.63) is 86.1 Å². The molecular formula is C37H45F4N3O5. The van der Waals surface area contributed by atoms with Crippen molar-refractivity contribution in [3.8, 4) is 16.9 Å². The van der Waals surface area contributed by atoms with Crippen molar-refractivity contribution in [2.45, 2.75) is 79.1 Å². The van der Waals surface area contributed by atoms with Gasteiger partial charge in [-0.05, 0) is 97.0 Å². The van der Waals surface area contributed by atoms with Crippen molar-refractivity contribution >= 4 is 11.9 Å². The van der Waals surface area contributed by atoms with E-state index in [1.54, 1.807) is 26.8 Å². The number of nitrogens with one attached hydrogen (secondary N) is 1. The lowest BCUT2D eigenvalue weighted by atomic mass is 9.90. The number of aromatic nitrogens is 1. The highest BCUT2D eigenvalue weighted by molar-refractivity contribution is 5.82. The molecule has 2 N–H and O–H groups in total. The third-order valence-corrected chi connectivity index (χ3v) is 9.12. The van der Waals surface area contributed by atoms with Gasteiger partial charge in [-0.2, -0.15) is 13.2 Å². The molecule has 4 rings (SSSR count). The Labute approximate surface area is 284 Å². The number of pyridine rings is 1. The predicted octanol–water partition coefficient (Wildman–Crippen LogP) is 7.02. The number of alkyl halides is 3. The summed E-state index contributed by atoms with van der Waals surface area (Å²) >= 11 is 0. The van der Waals surface area contributed by atoms with E-state index in [4.69, 9.17) is 4.74 Å². The fraction of sp³-hybridized carbons (Fsp3) is 0.486. The van der Waals surface area contributed by atoms with Crippen molar-refractivity contribution in [2.24, 2.45) is 11.8 Å². The van der Waals surface area contributed by atoms with Crippen LogP contribution in [0.2, 0.25) is 0 Å². The second kappa shape index (κ2) is 15.1. The third kappa shape index (κ3) is 8.70. The molecule has 1 aromatic heterocycles. The van der Waals surface area contributed by atoms with E-state index in [2.05, 4.69) is 12.2 Å². The van der Waals surface area contributed by atoms with Crippen LogP contribution < -0.4 is 15.6 Å². The number of hydrogen-bond acceptors (Lipinski definition) is 5. The number of nitrogens with zero attached hydrogens (tertiary/aromatic N) is 2. The van der Waals surface area contributed by atoms with Gasteiger partial charge in [0.25, 0.3) is 5.56 Å². The van der Waals surface area contributed by atoms with Gasteiger partial charge in [0.15, 0.2) is 0 Å². The first-order valence-corrected chi connectivity index (χ1v) is 16.4. The number of ether oxygens (including phenoxy) is 1. The van der Waals surface area contributed by atoms with Crippen LogP contribution in [0.4, 0.5) is 17.6 Å². The molecule has 1 aliphatic heterocycles. The zero-order chi connectivity index (χ0) is 36.4. The van der Waals surface area contributed by atoms with Crippen LogP contribution in [0, 0.1) is 38.4 Å². The zero-order valence-electron chi connectivity index (χ0n) is 29.0. The number of carboxylic acids is 1. The summed E-state index contributed by atoms with van der Waals surface area (Å²) in [5, 5.41) is 12.5. The Hall–Kier alpha value is -4.19. The van der Waals surface area contributed by atoms with Gasteiger partial charge in [-0.15, -0.1) is 0 Å². The number of amides is 1. The Bertz CT molecular complexity index is 1760. The molecule has 0 saturated carbocycles. The second-order valence-electron chi connectivity index (χ2n) is 13.7. The van der Waals surface area contributed by atoms with Crippen molar-refractivity contribution in [2.75, 3.05) is 26.7 Å². The number of rotatable bonds is 13. The second-order valence-corrected chi connectivity index (χ2v) is 13.7. The number of aliphatic carboxylic acids is 1. The van der Waals surface area contributed by atoms with Gasteiger partial charge in [-0.3, -0.25) is 14.4 Å². The Kier molecular flexibility index (Phi) is 11.6. The van der Waals surface area contributed by atoms with E-state index < -0.39 is 53.5 Å². The van der Waals surface area contributed by atoms with Crippen molar-refractivity contribution in [1.29, 1.82) is 0 Å². The minimum atomic E-state index is -4.78. The molecular weight excluding hydrogens is 642 g/mol. The monoisotopic (exact) mass is 687 g/mol. The number of carboxylic acid groups (broad SMARTS) is 1. The number of hydrogen-bond donors (Lipinski definition) is 2. The molecule has 0 radical (unpaired) electrons. The smallest absolute Gasteiger partial charge is 0.416 e. The van der Waals surface area contributed by atoms with E-state index in [0.717, 1.165) is 40.5 Å². The lowest BCUT2D eigenvalue weighted by Gasteiger charge is -2.37. The molecule has 1 fully saturated rings. The molecule has 266 valence electrons. The van der Waals surface area contributed by atoms with Gasteiger partial charge in [-0.25, -0.2) is 4.39 Å². The van der Waals surface area contributed by atoms with Gasteiger partial charge in [0.1, 0.15) is 17.6 Å². The third-order valence-electron chi connectivity index (χ3n) is 9.12. The SMILES string of the molecule is COc1ccc(C)c(-c2cc(C)c(F)c(C(CC(=O)O)NC(=O)C(CC(C)C)n3cc(CCN4CC(C)C4)c(C(F)(F)F)cc3=O)c2)c1C. The molecule has 8 nitrogen and oxygen atoms in total. The standard InChI is InChI=1S/C37H45F4N3O5/c1-20(2)12-30(44-19-25(10-11-43-17-21(3)18-43)28(15-32(44)45)37(39,40)41)36(48)42-29(16-33(46)47)27-14-26(13-23(5)35(27)38)34-22(4)8-9-31(49-7)24(34)6/h8-9,13-15,19-21,29-30H,10-12,16-18H2,1-7H3,(H,42,48)(H,46,47). The minimum absolute atomic E-state index is 0.0138. The number of methoxy groups -OCH3 is 1. The fourth-order valence-corrected chi connectivity index (χ4v) is 6.75. The number of benzene rings is 2. The number of aryl methyl sites for hydroxylation is 2. The summed E-state index contributed by atoms with van der Waals surface area (Å²) in [6.45, 7) is 12.8. The van der Waals surface area contributed by atoms with Crippen molar-refractivity contribution < 1.29 is 37.0 Å². The van der Waals surface area contributed by atoms with E-state index >= 15 is 4.39 Å². The normalized spacial score (nSPS) is 15.2. The van der Waals surface area contributed by atoms with Crippen LogP contribution in [0.25, 0.3) is 11.1 Å². The maximum absolute atomic E-state index is 15.9. The number of carbonyl (C=O) groups excluding carboxylic acids is 1. The first kappa shape index (κ1) is 37.6. The molecule has 2 unspecified atom stereocenters. The van der Waals surface area contributed by atoms with Gasteiger partial charge in [0.2, 0.25) is 5.91 Å². The molecule has 1 aliphatic rings. The number of likely N-dealkylation sites (tertiary alicyclic amines) is 1. The van der Waals surface area contributed by atoms with Gasteiger partial charge >= 0.3 is 12.1 Å². The van der Waals surface area contributed by atoms with E-state index in [1.807, 2.05) is 30.9 Å². The fourth-order valence-electron chi connectivity index (χ4n) is 6.75. The summed E-state index contributed by atoms with van der Waals surface area (Å²) in [7, 11) is 1.53. The molecule has 3 aromatic rings. The average Bonchev–Trinajstić information content (AvgIpc) is 2.98. The molecule has 2 aromatic carbocycles. The summed E-state index contributed by atoms with van der Waals surface area (Å²) in [5.74, 6) is -1.95. The Morgan fingerprint density at radius 1 is 1.08 bits per heavy atom. The van der Waals surface area contributed by atoms with Crippen LogP contribution >= 0.6 is 0 Å². The summed E-state index contributed by atoms with van der Waals surface area (Å²) in [6, 6.07) is 4.68. The van der Waals surface area contributed by atoms with E-state index in [-0.39, 0.29) is 35.4 Å². The van der Waals surface area contributed by atoms with Crippen LogP contribution in [0.5, 0.6) is 5.75 Å². The van der Waals surface area contributed by atoms with Gasteiger partial charge in [-0.1, -0.05) is 26.8 Å². The van der Waals surface area contributed by atoms with Crippen LogP contribution in [0.3, 0.4) is 0 Å². The lowest BCUT2D eigenvalue weighted by molar-refractivity contribution is -0.139. The van der Waals surface area contributed by atoms with Crippen molar-refractivity contribution in [3.63, 3.8) is 0 Å². The van der Waals surface area contributed by atoms with Crippen LogP contribution in [0.15, 0.2) is 41.3 Å². The molecule has 0 aliphatic carbocycles. The van der Waals surface area contributed by atoms with E-state index in [9.17, 15) is 32.7 Å².